The van der Waals surface area contributed by atoms with Crippen molar-refractivity contribution in [3.63, 3.8) is 0 Å². The molecule has 3 rings (SSSR count). The van der Waals surface area contributed by atoms with E-state index >= 15 is 0 Å². The molecule has 4 nitrogen and oxygen atoms in total. The van der Waals surface area contributed by atoms with E-state index in [0.717, 1.165) is 11.8 Å². The summed E-state index contributed by atoms with van der Waals surface area (Å²) in [7, 11) is 4.51. The van der Waals surface area contributed by atoms with Crippen LogP contribution in [-0.2, 0) is 0 Å². The Labute approximate surface area is 124 Å². The maximum absolute atomic E-state index is 2.65. The lowest BCUT2D eigenvalue weighted by molar-refractivity contribution is -0.0786. The van der Waals surface area contributed by atoms with E-state index in [1.165, 1.54) is 78.0 Å². The van der Waals surface area contributed by atoms with E-state index in [1.54, 1.807) is 0 Å². The minimum absolute atomic E-state index is 1.01. The molecule has 4 heteroatoms. The number of hydrazine groups is 1. The zero-order valence-corrected chi connectivity index (χ0v) is 13.4. The van der Waals surface area contributed by atoms with Crippen molar-refractivity contribution in [1.29, 1.82) is 0 Å². The molecule has 0 amide bonds. The minimum Gasteiger partial charge on any atom is -0.306 e. The van der Waals surface area contributed by atoms with Gasteiger partial charge in [-0.25, -0.2) is 10.0 Å². The predicted octanol–water partition coefficient (Wildman–Crippen LogP) is 1.20. The standard InChI is InChI=1S/C16H32N4/c1-17-7-3-15(4-8-17)16-5-9-19(10-6-16)20-13-11-18(2)12-14-20/h15-16H,3-14H2,1-2H3. The summed E-state index contributed by atoms with van der Waals surface area (Å²) in [4.78, 5) is 4.94. The third-order valence-corrected chi connectivity index (χ3v) is 5.83. The molecule has 0 saturated carbocycles. The first-order valence-electron chi connectivity index (χ1n) is 8.59. The number of rotatable bonds is 2. The van der Waals surface area contributed by atoms with Crippen LogP contribution in [-0.4, -0.2) is 86.3 Å². The monoisotopic (exact) mass is 280 g/mol. The number of hydrogen-bond donors (Lipinski definition) is 0. The Hall–Kier alpha value is -0.160. The molecule has 0 aliphatic carbocycles. The lowest BCUT2D eigenvalue weighted by Crippen LogP contribution is -2.55. The van der Waals surface area contributed by atoms with Gasteiger partial charge in [0.15, 0.2) is 0 Å². The molecule has 0 atom stereocenters. The number of hydrogen-bond acceptors (Lipinski definition) is 4. The molecule has 0 aromatic carbocycles. The van der Waals surface area contributed by atoms with Crippen LogP contribution in [0, 0.1) is 11.8 Å². The van der Waals surface area contributed by atoms with Crippen molar-refractivity contribution >= 4 is 0 Å². The highest BCUT2D eigenvalue weighted by molar-refractivity contribution is 4.82. The van der Waals surface area contributed by atoms with Gasteiger partial charge in [0.1, 0.15) is 0 Å². The van der Waals surface area contributed by atoms with Crippen LogP contribution in [0.4, 0.5) is 0 Å². The van der Waals surface area contributed by atoms with Gasteiger partial charge in [0, 0.05) is 39.3 Å². The summed E-state index contributed by atoms with van der Waals surface area (Å²) in [5, 5.41) is 5.27. The Bertz CT molecular complexity index is 255. The topological polar surface area (TPSA) is 13.0 Å². The summed E-state index contributed by atoms with van der Waals surface area (Å²) in [6.07, 6.45) is 5.74. The van der Waals surface area contributed by atoms with Crippen molar-refractivity contribution < 1.29 is 0 Å². The largest absolute Gasteiger partial charge is 0.306 e. The molecule has 0 aromatic heterocycles. The van der Waals surface area contributed by atoms with Gasteiger partial charge in [-0.1, -0.05) is 0 Å². The first-order valence-corrected chi connectivity index (χ1v) is 8.59. The Balaban J connectivity index is 1.42. The van der Waals surface area contributed by atoms with Gasteiger partial charge in [-0.2, -0.15) is 0 Å². The smallest absolute Gasteiger partial charge is 0.0261 e. The van der Waals surface area contributed by atoms with Crippen LogP contribution < -0.4 is 0 Å². The fraction of sp³-hybridized carbons (Fsp3) is 1.00. The Kier molecular flexibility index (Phi) is 4.97. The van der Waals surface area contributed by atoms with Gasteiger partial charge >= 0.3 is 0 Å². The van der Waals surface area contributed by atoms with Crippen LogP contribution >= 0.6 is 0 Å². The highest BCUT2D eigenvalue weighted by atomic mass is 15.6. The molecule has 0 bridgehead atoms. The maximum atomic E-state index is 2.65. The van der Waals surface area contributed by atoms with Crippen LogP contribution in [0.1, 0.15) is 25.7 Å². The van der Waals surface area contributed by atoms with E-state index in [0.29, 0.717) is 0 Å². The zero-order valence-electron chi connectivity index (χ0n) is 13.4. The van der Waals surface area contributed by atoms with Crippen molar-refractivity contribution in [1.82, 2.24) is 19.8 Å². The van der Waals surface area contributed by atoms with E-state index in [-0.39, 0.29) is 0 Å². The number of piperidine rings is 2. The molecule has 20 heavy (non-hydrogen) atoms. The molecule has 3 saturated heterocycles. The lowest BCUT2D eigenvalue weighted by Gasteiger charge is -2.45. The fourth-order valence-corrected chi connectivity index (χ4v) is 4.22. The number of likely N-dealkylation sites (N-methyl/N-ethyl adjacent to an activating group) is 1. The van der Waals surface area contributed by atoms with Crippen molar-refractivity contribution in [2.75, 3.05) is 66.5 Å². The summed E-state index contributed by atoms with van der Waals surface area (Å²) < 4.78 is 0. The number of likely N-dealkylation sites (tertiary alicyclic amines) is 1. The third-order valence-electron chi connectivity index (χ3n) is 5.83. The van der Waals surface area contributed by atoms with Crippen LogP contribution in [0.5, 0.6) is 0 Å². The van der Waals surface area contributed by atoms with E-state index in [9.17, 15) is 0 Å². The molecule has 3 aliphatic heterocycles. The number of nitrogens with zero attached hydrogens (tertiary/aromatic N) is 4. The molecule has 0 radical (unpaired) electrons. The van der Waals surface area contributed by atoms with Gasteiger partial charge in [0.25, 0.3) is 0 Å². The predicted molar refractivity (Wildman–Crippen MR) is 83.6 cm³/mol. The van der Waals surface area contributed by atoms with E-state index in [2.05, 4.69) is 33.9 Å². The first kappa shape index (κ1) is 14.8. The fourth-order valence-electron chi connectivity index (χ4n) is 4.22. The van der Waals surface area contributed by atoms with Gasteiger partial charge in [0.05, 0.1) is 0 Å². The summed E-state index contributed by atoms with van der Waals surface area (Å²) in [5.41, 5.74) is 0. The Morgan fingerprint density at radius 2 is 0.900 bits per heavy atom. The highest BCUT2D eigenvalue weighted by Crippen LogP contribution is 2.32. The molecular formula is C16H32N4. The van der Waals surface area contributed by atoms with Crippen LogP contribution in [0.2, 0.25) is 0 Å². The molecule has 116 valence electrons. The number of piperazine rings is 1. The molecule has 3 fully saturated rings. The Morgan fingerprint density at radius 3 is 1.45 bits per heavy atom. The van der Waals surface area contributed by atoms with Crippen molar-refractivity contribution in [3.8, 4) is 0 Å². The van der Waals surface area contributed by atoms with Crippen molar-refractivity contribution in [3.05, 3.63) is 0 Å². The second-order valence-corrected chi connectivity index (χ2v) is 7.19. The van der Waals surface area contributed by atoms with Crippen LogP contribution in [0.15, 0.2) is 0 Å². The summed E-state index contributed by atoms with van der Waals surface area (Å²) in [6, 6.07) is 0. The first-order chi connectivity index (χ1) is 9.72. The van der Waals surface area contributed by atoms with Gasteiger partial charge in [0.2, 0.25) is 0 Å². The van der Waals surface area contributed by atoms with Crippen LogP contribution in [0.25, 0.3) is 0 Å². The SMILES string of the molecule is CN1CCC(C2CCN(N3CCN(C)CC3)CC2)CC1. The van der Waals surface area contributed by atoms with Crippen molar-refractivity contribution in [2.24, 2.45) is 11.8 Å². The average Bonchev–Trinajstić information content (AvgIpc) is 2.49. The maximum Gasteiger partial charge on any atom is 0.0261 e. The van der Waals surface area contributed by atoms with E-state index in [4.69, 9.17) is 0 Å². The normalized spacial score (nSPS) is 30.9. The van der Waals surface area contributed by atoms with Gasteiger partial charge in [-0.3, -0.25) is 0 Å². The zero-order chi connectivity index (χ0) is 13.9. The third kappa shape index (κ3) is 3.53. The average molecular weight is 280 g/mol. The minimum atomic E-state index is 1.01. The second-order valence-electron chi connectivity index (χ2n) is 7.19. The van der Waals surface area contributed by atoms with Gasteiger partial charge in [-0.05, 0) is 64.7 Å². The quantitative estimate of drug-likeness (QED) is 0.753. The van der Waals surface area contributed by atoms with Gasteiger partial charge in [-0.15, -0.1) is 0 Å². The lowest BCUT2D eigenvalue weighted by atomic mass is 9.79. The molecule has 0 aromatic rings. The van der Waals surface area contributed by atoms with E-state index in [1.807, 2.05) is 0 Å². The Morgan fingerprint density at radius 1 is 0.500 bits per heavy atom. The van der Waals surface area contributed by atoms with Gasteiger partial charge < -0.3 is 9.80 Å². The van der Waals surface area contributed by atoms with E-state index < -0.39 is 0 Å². The highest BCUT2D eigenvalue weighted by Gasteiger charge is 2.31. The summed E-state index contributed by atoms with van der Waals surface area (Å²) in [6.45, 7) is 10.2. The molecule has 0 unspecified atom stereocenters. The molecule has 3 heterocycles. The second kappa shape index (κ2) is 6.73. The summed E-state index contributed by atoms with van der Waals surface area (Å²) >= 11 is 0. The molecule has 0 spiro atoms. The molecular weight excluding hydrogens is 248 g/mol. The molecule has 0 N–H and O–H groups in total. The van der Waals surface area contributed by atoms with Crippen LogP contribution in [0.3, 0.4) is 0 Å². The molecule has 3 aliphatic rings. The summed E-state index contributed by atoms with van der Waals surface area (Å²) in [5.74, 6) is 2.02. The van der Waals surface area contributed by atoms with Crippen molar-refractivity contribution in [2.45, 2.75) is 25.7 Å².